The van der Waals surface area contributed by atoms with Crippen LogP contribution in [0.2, 0.25) is 25.1 Å². The standard InChI is InChI=1S/C12H18.C11H16O.C11H16.C10H12Cl2.3C10H13Cl.C10H13F/c1-9-6-7-10(2)11(8-9)12(3,4)5;1-11(2,3)9-7-5-6-8-10(9)12-4;1-9-7-5-6-8-10(9)11(2,3)4;1-10(2,3)8-6-7(11)4-5-9(8)12;1-10(2,3)8-4-6-9(11)7-5-8;1-10(2,3)8-5-4-6-9(11)7-8;2*1-10(2,3)8-6-4-5-7-9(8)11/h6-8H,1-5H3;5-8H,1-4H3;5-8H,1-4H3;4-6H,1-3H3;4*4-7H,1-3H3. The second kappa shape index (κ2) is 36.6. The lowest BCUT2D eigenvalue weighted by atomic mass is 9.83. The smallest absolute Gasteiger partial charge is 0.126 e. The number of halogens is 6. The van der Waals surface area contributed by atoms with E-state index < -0.39 is 0 Å². The largest absolute Gasteiger partial charge is 0.496 e. The van der Waals surface area contributed by atoms with Crippen LogP contribution in [0.25, 0.3) is 0 Å². The van der Waals surface area contributed by atoms with Gasteiger partial charge >= 0.3 is 0 Å². The summed E-state index contributed by atoms with van der Waals surface area (Å²) in [6, 6.07) is 59.8. The molecule has 0 unspecified atom stereocenters. The first-order valence-electron chi connectivity index (χ1n) is 31.7. The number of hydrogen-bond donors (Lipinski definition) is 0. The lowest BCUT2D eigenvalue weighted by molar-refractivity contribution is 0.397. The van der Waals surface area contributed by atoms with Gasteiger partial charge in [0.25, 0.3) is 0 Å². The Kier molecular flexibility index (Phi) is 33.7. The minimum absolute atomic E-state index is 0.0575. The number of methoxy groups -OCH3 is 1. The summed E-state index contributed by atoms with van der Waals surface area (Å²) in [6.07, 6.45) is 0. The van der Waals surface area contributed by atoms with Gasteiger partial charge in [-0.1, -0.05) is 351 Å². The van der Waals surface area contributed by atoms with Crippen LogP contribution in [-0.2, 0) is 43.3 Å². The molecule has 0 aliphatic heterocycles. The number of para-hydroxylation sites is 1. The number of ether oxygens (including phenoxy) is 1. The van der Waals surface area contributed by atoms with Gasteiger partial charge in [0, 0.05) is 25.1 Å². The van der Waals surface area contributed by atoms with Gasteiger partial charge in [0.05, 0.1) is 7.11 Å². The predicted molar refractivity (Wildman–Crippen MR) is 407 cm³/mol. The summed E-state index contributed by atoms with van der Waals surface area (Å²) in [5, 5.41) is 4.01. The van der Waals surface area contributed by atoms with E-state index in [1.54, 1.807) is 19.2 Å². The van der Waals surface area contributed by atoms with E-state index in [0.29, 0.717) is 0 Å². The maximum Gasteiger partial charge on any atom is 0.126 e. The fourth-order valence-corrected chi connectivity index (χ4v) is 10.6. The Morgan fingerprint density at radius 1 is 0.275 bits per heavy atom. The van der Waals surface area contributed by atoms with Crippen molar-refractivity contribution in [2.24, 2.45) is 0 Å². The van der Waals surface area contributed by atoms with Gasteiger partial charge in [-0.2, -0.15) is 0 Å². The molecule has 0 atom stereocenters. The van der Waals surface area contributed by atoms with E-state index in [9.17, 15) is 4.39 Å². The van der Waals surface area contributed by atoms with E-state index in [0.717, 1.165) is 42.0 Å². The summed E-state index contributed by atoms with van der Waals surface area (Å²) < 4.78 is 18.4. The van der Waals surface area contributed by atoms with Crippen LogP contribution in [0.4, 0.5) is 4.39 Å². The lowest BCUT2D eigenvalue weighted by Gasteiger charge is -2.22. The second-order valence-electron chi connectivity index (χ2n) is 31.4. The molecule has 1 nitrogen and oxygen atoms in total. The van der Waals surface area contributed by atoms with Crippen LogP contribution in [0.5, 0.6) is 5.75 Å². The fraction of sp³-hybridized carbons (Fsp3) is 0.429. The molecule has 0 heterocycles. The Bertz CT molecular complexity index is 3210. The Balaban J connectivity index is 0.000000520. The van der Waals surface area contributed by atoms with E-state index in [-0.39, 0.29) is 49.1 Å². The van der Waals surface area contributed by atoms with E-state index in [1.807, 2.05) is 112 Å². The summed E-state index contributed by atoms with van der Waals surface area (Å²) in [7, 11) is 1.71. The molecule has 0 aromatic heterocycles. The number of benzene rings is 8. The monoisotopic (exact) mass is 1330 g/mol. The highest BCUT2D eigenvalue weighted by molar-refractivity contribution is 6.33. The molecule has 0 spiro atoms. The molecular formula is C84H114Cl5FO. The minimum atomic E-state index is -0.111. The van der Waals surface area contributed by atoms with Crippen molar-refractivity contribution in [1.82, 2.24) is 0 Å². The zero-order chi connectivity index (χ0) is 70.3. The summed E-state index contributed by atoms with van der Waals surface area (Å²) in [5.41, 5.74) is 15.2. The van der Waals surface area contributed by atoms with Crippen molar-refractivity contribution >= 4 is 58.0 Å². The van der Waals surface area contributed by atoms with Crippen LogP contribution in [0, 0.1) is 26.6 Å². The minimum Gasteiger partial charge on any atom is -0.496 e. The van der Waals surface area contributed by atoms with Crippen molar-refractivity contribution in [3.8, 4) is 5.75 Å². The van der Waals surface area contributed by atoms with Gasteiger partial charge in [-0.3, -0.25) is 0 Å². The quantitative estimate of drug-likeness (QED) is 0.159. The summed E-state index contributed by atoms with van der Waals surface area (Å²) in [6.45, 7) is 58.5. The molecule has 8 rings (SSSR count). The highest BCUT2D eigenvalue weighted by atomic mass is 35.5. The summed E-state index contributed by atoms with van der Waals surface area (Å²) >= 11 is 29.5. The normalized spacial score (nSPS) is 11.6. The number of aryl methyl sites for hydroxylation is 3. The van der Waals surface area contributed by atoms with Crippen LogP contribution in [0.1, 0.15) is 227 Å². The third-order valence-electron chi connectivity index (χ3n) is 14.6. The molecule has 498 valence electrons. The lowest BCUT2D eigenvalue weighted by Crippen LogP contribution is -2.13. The topological polar surface area (TPSA) is 9.23 Å². The highest BCUT2D eigenvalue weighted by Gasteiger charge is 2.21. The molecule has 8 aromatic rings. The molecule has 0 saturated heterocycles. The Morgan fingerprint density at radius 3 is 1.01 bits per heavy atom. The van der Waals surface area contributed by atoms with Gasteiger partial charge in [-0.15, -0.1) is 0 Å². The molecular weight excluding hydrogens is 1220 g/mol. The Morgan fingerprint density at radius 2 is 0.659 bits per heavy atom. The summed E-state index contributed by atoms with van der Waals surface area (Å²) in [5.74, 6) is 0.866. The first kappa shape index (κ1) is 84.0. The predicted octanol–water partition coefficient (Wildman–Crippen LogP) is 28.2. The van der Waals surface area contributed by atoms with Crippen molar-refractivity contribution in [3.05, 3.63) is 274 Å². The molecule has 0 fully saturated rings. The van der Waals surface area contributed by atoms with Gasteiger partial charge in [-0.05, 0) is 180 Å². The van der Waals surface area contributed by atoms with Crippen molar-refractivity contribution < 1.29 is 9.13 Å². The molecule has 0 radical (unpaired) electrons. The number of rotatable bonds is 1. The second-order valence-corrected chi connectivity index (χ2v) is 33.6. The van der Waals surface area contributed by atoms with Crippen molar-refractivity contribution in [2.75, 3.05) is 7.11 Å². The molecule has 8 aromatic carbocycles. The molecule has 7 heteroatoms. The Hall–Kier alpha value is -5.06. The maximum absolute atomic E-state index is 13.1. The maximum atomic E-state index is 13.1. The third kappa shape index (κ3) is 32.1. The van der Waals surface area contributed by atoms with Gasteiger partial charge in [-0.25, -0.2) is 4.39 Å². The van der Waals surface area contributed by atoms with E-state index in [4.69, 9.17) is 62.7 Å². The van der Waals surface area contributed by atoms with Gasteiger partial charge < -0.3 is 4.74 Å². The molecule has 91 heavy (non-hydrogen) atoms. The van der Waals surface area contributed by atoms with Crippen molar-refractivity contribution in [2.45, 2.75) is 230 Å². The van der Waals surface area contributed by atoms with Crippen molar-refractivity contribution in [1.29, 1.82) is 0 Å². The third-order valence-corrected chi connectivity index (χ3v) is 16.0. The zero-order valence-electron chi connectivity index (χ0n) is 61.0. The van der Waals surface area contributed by atoms with E-state index >= 15 is 0 Å². The highest BCUT2D eigenvalue weighted by Crippen LogP contribution is 2.34. The molecule has 0 saturated carbocycles. The average Bonchev–Trinajstić information content (AvgIpc) is 1.59. The Labute approximate surface area is 580 Å². The van der Waals surface area contributed by atoms with Crippen LogP contribution < -0.4 is 4.74 Å². The number of hydrogen-bond acceptors (Lipinski definition) is 1. The van der Waals surface area contributed by atoms with E-state index in [1.165, 1.54) is 56.1 Å². The SMILES string of the molecule is CC(C)(C)c1cc(Cl)ccc1Cl.CC(C)(C)c1ccc(Cl)cc1.CC(C)(C)c1cccc(Cl)c1.CC(C)(C)c1ccccc1Cl.CC(C)(C)c1ccccc1F.COc1ccccc1C(C)(C)C.Cc1ccc(C)c(C(C)(C)C)c1.Cc1ccccc1C(C)(C)C. The van der Waals surface area contributed by atoms with Gasteiger partial charge in [0.1, 0.15) is 11.6 Å². The van der Waals surface area contributed by atoms with E-state index in [2.05, 4.69) is 239 Å². The molecule has 0 N–H and O–H groups in total. The van der Waals surface area contributed by atoms with Crippen molar-refractivity contribution in [3.63, 3.8) is 0 Å². The molecule has 0 amide bonds. The van der Waals surface area contributed by atoms with Crippen LogP contribution in [0.3, 0.4) is 0 Å². The van der Waals surface area contributed by atoms with Gasteiger partial charge in [0.2, 0.25) is 0 Å². The van der Waals surface area contributed by atoms with Crippen LogP contribution in [0.15, 0.2) is 182 Å². The zero-order valence-corrected chi connectivity index (χ0v) is 64.8. The molecule has 0 aliphatic carbocycles. The fourth-order valence-electron chi connectivity index (χ4n) is 9.34. The summed E-state index contributed by atoms with van der Waals surface area (Å²) in [4.78, 5) is 0. The first-order chi connectivity index (χ1) is 41.4. The van der Waals surface area contributed by atoms with Crippen LogP contribution in [-0.4, -0.2) is 7.11 Å². The molecule has 0 aliphatic rings. The van der Waals surface area contributed by atoms with Crippen LogP contribution >= 0.6 is 58.0 Å². The average molecular weight is 1340 g/mol. The molecule has 0 bridgehead atoms. The van der Waals surface area contributed by atoms with Gasteiger partial charge in [0.15, 0.2) is 0 Å². The first-order valence-corrected chi connectivity index (χ1v) is 33.6.